The molecule has 0 aromatic heterocycles. The number of benzene rings is 2. The van der Waals surface area contributed by atoms with Crippen LogP contribution in [0.5, 0.6) is 5.75 Å². The van der Waals surface area contributed by atoms with E-state index in [2.05, 4.69) is 24.0 Å². The molecule has 0 heterocycles. The minimum Gasteiger partial charge on any atom is -0.492 e. The van der Waals surface area contributed by atoms with Crippen LogP contribution in [0.2, 0.25) is 5.02 Å². The molecule has 2 aromatic carbocycles. The van der Waals surface area contributed by atoms with Crippen LogP contribution in [-0.4, -0.2) is 19.7 Å². The van der Waals surface area contributed by atoms with Gasteiger partial charge < -0.3 is 10.1 Å². The monoisotopic (exact) mass is 301 g/mol. The molecule has 2 rings (SSSR count). The molecule has 0 spiro atoms. The van der Waals surface area contributed by atoms with Crippen LogP contribution in [-0.2, 0) is 6.42 Å². The highest BCUT2D eigenvalue weighted by Crippen LogP contribution is 2.25. The normalized spacial score (nSPS) is 10.3. The van der Waals surface area contributed by atoms with E-state index in [1.165, 1.54) is 5.56 Å². The number of halogens is 1. The van der Waals surface area contributed by atoms with Crippen LogP contribution in [0.25, 0.3) is 0 Å². The van der Waals surface area contributed by atoms with Crippen molar-refractivity contribution in [2.75, 3.05) is 19.7 Å². The first kappa shape index (κ1) is 15.6. The lowest BCUT2D eigenvalue weighted by Gasteiger charge is -2.12. The van der Waals surface area contributed by atoms with E-state index < -0.39 is 0 Å². The maximum absolute atomic E-state index is 6.11. The average molecular weight is 302 g/mol. The zero-order valence-corrected chi connectivity index (χ0v) is 12.8. The van der Waals surface area contributed by atoms with Gasteiger partial charge in [-0.15, -0.1) is 6.58 Å². The summed E-state index contributed by atoms with van der Waals surface area (Å²) in [4.78, 5) is 0. The molecule has 0 aliphatic rings. The third-order valence-electron chi connectivity index (χ3n) is 3.09. The van der Waals surface area contributed by atoms with Gasteiger partial charge in [-0.25, -0.2) is 0 Å². The summed E-state index contributed by atoms with van der Waals surface area (Å²) in [6, 6.07) is 16.1. The van der Waals surface area contributed by atoms with Crippen LogP contribution < -0.4 is 10.1 Å². The lowest BCUT2D eigenvalue weighted by molar-refractivity contribution is 0.314. The molecular formula is C18H20ClNO. The SMILES string of the molecule is C=CCNCCOc1ccc(Cl)cc1Cc1ccccc1. The van der Waals surface area contributed by atoms with Gasteiger partial charge in [0.1, 0.15) is 12.4 Å². The standard InChI is InChI=1S/C18H20ClNO/c1-2-10-20-11-12-21-18-9-8-17(19)14-16(18)13-15-6-4-3-5-7-15/h2-9,14,20H,1,10-13H2. The lowest BCUT2D eigenvalue weighted by atomic mass is 10.0. The van der Waals surface area contributed by atoms with E-state index in [1.54, 1.807) is 0 Å². The van der Waals surface area contributed by atoms with Crippen molar-refractivity contribution in [3.63, 3.8) is 0 Å². The number of rotatable bonds is 8. The molecule has 0 bridgehead atoms. The van der Waals surface area contributed by atoms with E-state index in [-0.39, 0.29) is 0 Å². The summed E-state index contributed by atoms with van der Waals surface area (Å²) in [7, 11) is 0. The van der Waals surface area contributed by atoms with E-state index >= 15 is 0 Å². The van der Waals surface area contributed by atoms with Gasteiger partial charge in [-0.1, -0.05) is 48.0 Å². The largest absolute Gasteiger partial charge is 0.492 e. The zero-order chi connectivity index (χ0) is 14.9. The third-order valence-corrected chi connectivity index (χ3v) is 3.32. The van der Waals surface area contributed by atoms with Gasteiger partial charge in [-0.2, -0.15) is 0 Å². The number of ether oxygens (including phenoxy) is 1. The highest BCUT2D eigenvalue weighted by atomic mass is 35.5. The summed E-state index contributed by atoms with van der Waals surface area (Å²) in [5, 5.41) is 3.95. The predicted molar refractivity (Wildman–Crippen MR) is 89.3 cm³/mol. The summed E-state index contributed by atoms with van der Waals surface area (Å²) >= 11 is 6.11. The molecule has 0 aliphatic carbocycles. The summed E-state index contributed by atoms with van der Waals surface area (Å²) in [6.45, 7) is 5.88. The number of hydrogen-bond donors (Lipinski definition) is 1. The van der Waals surface area contributed by atoms with Crippen molar-refractivity contribution >= 4 is 11.6 Å². The molecule has 0 saturated carbocycles. The Morgan fingerprint density at radius 2 is 1.95 bits per heavy atom. The van der Waals surface area contributed by atoms with E-state index in [0.29, 0.717) is 6.61 Å². The second kappa shape index (κ2) is 8.50. The lowest BCUT2D eigenvalue weighted by Crippen LogP contribution is -2.21. The quantitative estimate of drug-likeness (QED) is 0.586. The molecular weight excluding hydrogens is 282 g/mol. The van der Waals surface area contributed by atoms with Gasteiger partial charge in [0.15, 0.2) is 0 Å². The fourth-order valence-electron chi connectivity index (χ4n) is 2.08. The fraction of sp³-hybridized carbons (Fsp3) is 0.222. The van der Waals surface area contributed by atoms with Gasteiger partial charge in [-0.3, -0.25) is 0 Å². The molecule has 21 heavy (non-hydrogen) atoms. The van der Waals surface area contributed by atoms with Gasteiger partial charge in [0.25, 0.3) is 0 Å². The van der Waals surface area contributed by atoms with Gasteiger partial charge in [-0.05, 0) is 29.3 Å². The second-order valence-corrected chi connectivity index (χ2v) is 5.19. The highest BCUT2D eigenvalue weighted by molar-refractivity contribution is 6.30. The van der Waals surface area contributed by atoms with Crippen LogP contribution in [0.4, 0.5) is 0 Å². The Balaban J connectivity index is 2.01. The Morgan fingerprint density at radius 3 is 2.71 bits per heavy atom. The van der Waals surface area contributed by atoms with Crippen LogP contribution in [0.3, 0.4) is 0 Å². The molecule has 0 saturated heterocycles. The van der Waals surface area contributed by atoms with Crippen LogP contribution >= 0.6 is 11.6 Å². The van der Waals surface area contributed by atoms with E-state index in [9.17, 15) is 0 Å². The van der Waals surface area contributed by atoms with Crippen molar-refractivity contribution in [3.05, 3.63) is 77.3 Å². The zero-order valence-electron chi connectivity index (χ0n) is 12.0. The molecule has 110 valence electrons. The van der Waals surface area contributed by atoms with Crippen LogP contribution in [0, 0.1) is 0 Å². The summed E-state index contributed by atoms with van der Waals surface area (Å²) in [5.74, 6) is 0.892. The minimum atomic E-state index is 0.622. The fourth-order valence-corrected chi connectivity index (χ4v) is 2.27. The van der Waals surface area contributed by atoms with Gasteiger partial charge >= 0.3 is 0 Å². The third kappa shape index (κ3) is 5.25. The smallest absolute Gasteiger partial charge is 0.122 e. The molecule has 0 fully saturated rings. The molecule has 2 nitrogen and oxygen atoms in total. The Kier molecular flexibility index (Phi) is 6.32. The first-order valence-electron chi connectivity index (χ1n) is 7.06. The molecule has 0 amide bonds. The highest BCUT2D eigenvalue weighted by Gasteiger charge is 2.06. The van der Waals surface area contributed by atoms with Crippen molar-refractivity contribution in [3.8, 4) is 5.75 Å². The Labute approximate surface area is 131 Å². The van der Waals surface area contributed by atoms with Crippen LogP contribution in [0.15, 0.2) is 61.2 Å². The van der Waals surface area contributed by atoms with Crippen molar-refractivity contribution < 1.29 is 4.74 Å². The second-order valence-electron chi connectivity index (χ2n) is 4.76. The van der Waals surface area contributed by atoms with Crippen LogP contribution in [0.1, 0.15) is 11.1 Å². The summed E-state index contributed by atoms with van der Waals surface area (Å²) in [5.41, 5.74) is 2.35. The molecule has 0 atom stereocenters. The van der Waals surface area contributed by atoms with Crippen molar-refractivity contribution in [2.45, 2.75) is 6.42 Å². The molecule has 0 aliphatic heterocycles. The topological polar surface area (TPSA) is 21.3 Å². The molecule has 2 aromatic rings. The maximum atomic E-state index is 6.11. The molecule has 1 N–H and O–H groups in total. The van der Waals surface area contributed by atoms with Gasteiger partial charge in [0.2, 0.25) is 0 Å². The van der Waals surface area contributed by atoms with E-state index in [1.807, 2.05) is 42.5 Å². The van der Waals surface area contributed by atoms with Crippen molar-refractivity contribution in [1.29, 1.82) is 0 Å². The average Bonchev–Trinajstić information content (AvgIpc) is 2.50. The first-order valence-corrected chi connectivity index (χ1v) is 7.44. The maximum Gasteiger partial charge on any atom is 0.122 e. The van der Waals surface area contributed by atoms with Gasteiger partial charge in [0.05, 0.1) is 0 Å². The van der Waals surface area contributed by atoms with Crippen molar-refractivity contribution in [2.24, 2.45) is 0 Å². The van der Waals surface area contributed by atoms with E-state index in [0.717, 1.165) is 35.8 Å². The Bertz CT molecular complexity index is 569. The van der Waals surface area contributed by atoms with Crippen molar-refractivity contribution in [1.82, 2.24) is 5.32 Å². The Morgan fingerprint density at radius 1 is 1.14 bits per heavy atom. The Hall–Kier alpha value is -1.77. The van der Waals surface area contributed by atoms with E-state index in [4.69, 9.17) is 16.3 Å². The number of nitrogens with one attached hydrogen (secondary N) is 1. The molecule has 0 unspecified atom stereocenters. The first-order chi connectivity index (χ1) is 10.3. The van der Waals surface area contributed by atoms with Gasteiger partial charge in [0, 0.05) is 24.5 Å². The minimum absolute atomic E-state index is 0.622. The number of hydrogen-bond acceptors (Lipinski definition) is 2. The predicted octanol–water partition coefficient (Wildman–Crippen LogP) is 4.09. The molecule has 0 radical (unpaired) electrons. The summed E-state index contributed by atoms with van der Waals surface area (Å²) in [6.07, 6.45) is 2.65. The summed E-state index contributed by atoms with van der Waals surface area (Å²) < 4.78 is 5.86. The molecule has 3 heteroatoms.